The van der Waals surface area contributed by atoms with Crippen LogP contribution in [0.1, 0.15) is 55.9 Å². The van der Waals surface area contributed by atoms with E-state index in [0.717, 1.165) is 17.7 Å². The van der Waals surface area contributed by atoms with Crippen LogP contribution in [-0.4, -0.2) is 24.5 Å². The minimum Gasteiger partial charge on any atom is -0.386 e. The molecule has 2 unspecified atom stereocenters. The molecule has 1 aromatic rings. The van der Waals surface area contributed by atoms with Crippen molar-refractivity contribution in [2.75, 3.05) is 5.75 Å². The van der Waals surface area contributed by atoms with E-state index in [2.05, 4.69) is 20.8 Å². The van der Waals surface area contributed by atoms with Gasteiger partial charge in [0.25, 0.3) is 0 Å². The van der Waals surface area contributed by atoms with Gasteiger partial charge in [0.05, 0.1) is 11.0 Å². The van der Waals surface area contributed by atoms with Gasteiger partial charge in [-0.25, -0.2) is 8.42 Å². The molecular formula is C14H22O3S2. The molecule has 2 atom stereocenters. The number of rotatable bonds is 2. The van der Waals surface area contributed by atoms with Crippen molar-refractivity contribution >= 4 is 21.2 Å². The predicted octanol–water partition coefficient (Wildman–Crippen LogP) is 3.05. The van der Waals surface area contributed by atoms with E-state index in [9.17, 15) is 13.5 Å². The number of sulfone groups is 1. The monoisotopic (exact) mass is 302 g/mol. The molecule has 2 heterocycles. The van der Waals surface area contributed by atoms with Crippen molar-refractivity contribution in [3.05, 3.63) is 21.9 Å². The van der Waals surface area contributed by atoms with Crippen LogP contribution in [0.3, 0.4) is 0 Å². The van der Waals surface area contributed by atoms with Crippen molar-refractivity contribution in [1.29, 1.82) is 0 Å². The van der Waals surface area contributed by atoms with Gasteiger partial charge in [-0.05, 0) is 30.4 Å². The van der Waals surface area contributed by atoms with Gasteiger partial charge in [-0.2, -0.15) is 0 Å². The Balaban J connectivity index is 2.24. The summed E-state index contributed by atoms with van der Waals surface area (Å²) in [6, 6.07) is 3.87. The molecule has 0 amide bonds. The lowest BCUT2D eigenvalue weighted by Crippen LogP contribution is -2.33. The van der Waals surface area contributed by atoms with Crippen LogP contribution in [-0.2, 0) is 15.3 Å². The molecule has 1 aliphatic heterocycles. The van der Waals surface area contributed by atoms with Gasteiger partial charge in [-0.15, -0.1) is 11.3 Å². The second-order valence-corrected chi connectivity index (χ2v) is 9.75. The van der Waals surface area contributed by atoms with Gasteiger partial charge in [-0.1, -0.05) is 27.2 Å². The Bertz CT molecular complexity index is 537. The van der Waals surface area contributed by atoms with Crippen LogP contribution in [0, 0.1) is 0 Å². The molecule has 5 heteroatoms. The van der Waals surface area contributed by atoms with Crippen molar-refractivity contribution in [2.24, 2.45) is 0 Å². The Hall–Kier alpha value is -0.390. The Morgan fingerprint density at radius 1 is 1.32 bits per heavy atom. The lowest BCUT2D eigenvalue weighted by molar-refractivity contribution is 0.168. The van der Waals surface area contributed by atoms with Crippen LogP contribution in [0.5, 0.6) is 0 Å². The van der Waals surface area contributed by atoms with E-state index >= 15 is 0 Å². The molecule has 0 spiro atoms. The number of aliphatic hydroxyl groups excluding tert-OH is 1. The third-order valence-electron chi connectivity index (χ3n) is 3.64. The third-order valence-corrected chi connectivity index (χ3v) is 7.49. The molecule has 1 N–H and O–H groups in total. The lowest BCUT2D eigenvalue weighted by atomic mass is 9.95. The quantitative estimate of drug-likeness (QED) is 0.913. The molecule has 0 bridgehead atoms. The summed E-state index contributed by atoms with van der Waals surface area (Å²) in [7, 11) is -3.14. The minimum absolute atomic E-state index is 0.0358. The van der Waals surface area contributed by atoms with E-state index in [0.29, 0.717) is 6.42 Å². The molecule has 1 aromatic heterocycles. The summed E-state index contributed by atoms with van der Waals surface area (Å²) in [5.74, 6) is 0.215. The number of hydrogen-bond donors (Lipinski definition) is 1. The average molecular weight is 302 g/mol. The summed E-state index contributed by atoms with van der Waals surface area (Å²) in [4.78, 5) is 1.95. The van der Waals surface area contributed by atoms with Crippen LogP contribution in [0.2, 0.25) is 0 Å². The van der Waals surface area contributed by atoms with Gasteiger partial charge in [0.15, 0.2) is 9.84 Å². The van der Waals surface area contributed by atoms with Gasteiger partial charge in [0.2, 0.25) is 0 Å². The molecule has 108 valence electrons. The second-order valence-electron chi connectivity index (χ2n) is 6.30. The van der Waals surface area contributed by atoms with E-state index in [4.69, 9.17) is 0 Å². The SMILES string of the molecule is CC(C)(C)c1ccc(C(O)C2CCCCS2(=O)=O)s1. The molecule has 19 heavy (non-hydrogen) atoms. The summed E-state index contributed by atoms with van der Waals surface area (Å²) < 4.78 is 24.1. The number of aliphatic hydroxyl groups is 1. The first-order valence-electron chi connectivity index (χ1n) is 6.72. The summed E-state index contributed by atoms with van der Waals surface area (Å²) >= 11 is 1.53. The molecule has 3 nitrogen and oxygen atoms in total. The number of thiophene rings is 1. The standard InChI is InChI=1S/C14H22O3S2/c1-14(2,3)12-8-7-10(18-12)13(15)11-6-4-5-9-19(11,16)17/h7-8,11,13,15H,4-6,9H2,1-3H3. The van der Waals surface area contributed by atoms with Crippen molar-refractivity contribution in [3.8, 4) is 0 Å². The summed E-state index contributed by atoms with van der Waals surface area (Å²) in [5, 5.41) is 9.77. The van der Waals surface area contributed by atoms with Crippen LogP contribution in [0.4, 0.5) is 0 Å². The highest BCUT2D eigenvalue weighted by molar-refractivity contribution is 7.92. The highest BCUT2D eigenvalue weighted by Gasteiger charge is 2.36. The molecule has 0 radical (unpaired) electrons. The predicted molar refractivity (Wildman–Crippen MR) is 79.4 cm³/mol. The summed E-state index contributed by atoms with van der Waals surface area (Å²) in [5.41, 5.74) is 0.0358. The molecule has 1 fully saturated rings. The van der Waals surface area contributed by atoms with Gasteiger partial charge in [0, 0.05) is 9.75 Å². The summed E-state index contributed by atoms with van der Waals surface area (Å²) in [6.07, 6.45) is 1.32. The maximum Gasteiger partial charge on any atom is 0.156 e. The zero-order valence-corrected chi connectivity index (χ0v) is 13.4. The van der Waals surface area contributed by atoms with Crippen molar-refractivity contribution in [2.45, 2.75) is 56.8 Å². The second kappa shape index (κ2) is 5.19. The highest BCUT2D eigenvalue weighted by atomic mass is 32.2. The first-order chi connectivity index (χ1) is 8.72. The van der Waals surface area contributed by atoms with Crippen LogP contribution < -0.4 is 0 Å². The van der Waals surface area contributed by atoms with Crippen LogP contribution >= 0.6 is 11.3 Å². The van der Waals surface area contributed by atoms with Gasteiger partial charge in [-0.3, -0.25) is 0 Å². The molecular weight excluding hydrogens is 280 g/mol. The Morgan fingerprint density at radius 3 is 2.53 bits per heavy atom. The van der Waals surface area contributed by atoms with Crippen molar-refractivity contribution in [1.82, 2.24) is 0 Å². The zero-order valence-electron chi connectivity index (χ0n) is 11.7. The summed E-state index contributed by atoms with van der Waals surface area (Å²) in [6.45, 7) is 6.35. The first kappa shape index (κ1) is 15.0. The Kier molecular flexibility index (Phi) is 4.10. The molecule has 0 saturated carbocycles. The molecule has 1 saturated heterocycles. The zero-order chi connectivity index (χ0) is 14.3. The van der Waals surface area contributed by atoms with E-state index in [-0.39, 0.29) is 11.2 Å². The van der Waals surface area contributed by atoms with Crippen LogP contribution in [0.25, 0.3) is 0 Å². The van der Waals surface area contributed by atoms with Gasteiger partial charge >= 0.3 is 0 Å². The lowest BCUT2D eigenvalue weighted by Gasteiger charge is -2.26. The van der Waals surface area contributed by atoms with E-state index < -0.39 is 21.2 Å². The normalized spacial score (nSPS) is 25.2. The third kappa shape index (κ3) is 3.20. The minimum atomic E-state index is -3.14. The van der Waals surface area contributed by atoms with E-state index in [1.165, 1.54) is 16.2 Å². The molecule has 2 rings (SSSR count). The topological polar surface area (TPSA) is 54.4 Å². The largest absolute Gasteiger partial charge is 0.386 e. The highest BCUT2D eigenvalue weighted by Crippen LogP contribution is 2.37. The molecule has 1 aliphatic rings. The first-order valence-corrected chi connectivity index (χ1v) is 9.25. The van der Waals surface area contributed by atoms with Gasteiger partial charge < -0.3 is 5.11 Å². The van der Waals surface area contributed by atoms with Crippen molar-refractivity contribution < 1.29 is 13.5 Å². The smallest absolute Gasteiger partial charge is 0.156 e. The van der Waals surface area contributed by atoms with Crippen LogP contribution in [0.15, 0.2) is 12.1 Å². The Morgan fingerprint density at radius 2 is 2.00 bits per heavy atom. The molecule has 0 aromatic carbocycles. The molecule has 0 aliphatic carbocycles. The van der Waals surface area contributed by atoms with Gasteiger partial charge in [0.1, 0.15) is 6.10 Å². The maximum atomic E-state index is 12.0. The fourth-order valence-corrected chi connectivity index (χ4v) is 5.61. The van der Waals surface area contributed by atoms with Crippen molar-refractivity contribution in [3.63, 3.8) is 0 Å². The fourth-order valence-electron chi connectivity index (χ4n) is 2.43. The van der Waals surface area contributed by atoms with E-state index in [1.807, 2.05) is 12.1 Å². The Labute approximate surface area is 119 Å². The fraction of sp³-hybridized carbons (Fsp3) is 0.714. The average Bonchev–Trinajstić information content (AvgIpc) is 2.76. The maximum absolute atomic E-state index is 12.0. The van der Waals surface area contributed by atoms with E-state index in [1.54, 1.807) is 0 Å². The number of hydrogen-bond acceptors (Lipinski definition) is 4.